The highest BCUT2D eigenvalue weighted by Crippen LogP contribution is 2.23. The van der Waals surface area contributed by atoms with Crippen LogP contribution in [-0.4, -0.2) is 21.3 Å². The van der Waals surface area contributed by atoms with Gasteiger partial charge in [0.2, 0.25) is 0 Å². The molecule has 1 aromatic carbocycles. The van der Waals surface area contributed by atoms with Gasteiger partial charge in [-0.25, -0.2) is 4.39 Å². The molecule has 76 valence electrons. The topological polar surface area (TPSA) is 77.8 Å². The van der Waals surface area contributed by atoms with Crippen molar-refractivity contribution in [2.75, 3.05) is 0 Å². The maximum atomic E-state index is 13.0. The number of halogens is 1. The second-order valence-corrected chi connectivity index (χ2v) is 2.82. The summed E-state index contributed by atoms with van der Waals surface area (Å²) >= 11 is 0. The van der Waals surface area contributed by atoms with E-state index < -0.39 is 24.3 Å². The van der Waals surface area contributed by atoms with Crippen LogP contribution in [0.3, 0.4) is 0 Å². The summed E-state index contributed by atoms with van der Waals surface area (Å²) in [6.07, 6.45) is -1.96. The molecule has 1 atom stereocenters. The number of phenolic OH excluding ortho intramolecular Hbond substituents is 1. The molecule has 0 aliphatic rings. The van der Waals surface area contributed by atoms with Crippen molar-refractivity contribution in [3.8, 4) is 5.75 Å². The van der Waals surface area contributed by atoms with Crippen LogP contribution < -0.4 is 0 Å². The lowest BCUT2D eigenvalue weighted by Crippen LogP contribution is -2.07. The highest BCUT2D eigenvalue weighted by Gasteiger charge is 2.16. The van der Waals surface area contributed by atoms with Crippen molar-refractivity contribution in [1.29, 1.82) is 0 Å². The minimum Gasteiger partial charge on any atom is -0.508 e. The smallest absolute Gasteiger partial charge is 0.306 e. The van der Waals surface area contributed by atoms with E-state index in [0.717, 1.165) is 12.1 Å². The number of hydrogen-bond acceptors (Lipinski definition) is 3. The molecule has 1 aromatic rings. The minimum atomic E-state index is -1.40. The molecule has 14 heavy (non-hydrogen) atoms. The summed E-state index contributed by atoms with van der Waals surface area (Å²) in [6.45, 7) is 0. The number of benzene rings is 1. The van der Waals surface area contributed by atoms with Crippen LogP contribution in [0.25, 0.3) is 0 Å². The van der Waals surface area contributed by atoms with Crippen molar-refractivity contribution in [3.63, 3.8) is 0 Å². The molecule has 0 saturated heterocycles. The van der Waals surface area contributed by atoms with Gasteiger partial charge in [0.05, 0.1) is 12.5 Å². The highest BCUT2D eigenvalue weighted by molar-refractivity contribution is 5.67. The van der Waals surface area contributed by atoms with Gasteiger partial charge in [-0.05, 0) is 12.1 Å². The molecule has 0 aliphatic carbocycles. The summed E-state index contributed by atoms with van der Waals surface area (Å²) in [6, 6.07) is 3.15. The molecule has 0 heterocycles. The number of aliphatic carboxylic acids is 1. The Morgan fingerprint density at radius 1 is 1.50 bits per heavy atom. The van der Waals surface area contributed by atoms with E-state index in [4.69, 9.17) is 10.2 Å². The second-order valence-electron chi connectivity index (χ2n) is 2.82. The fourth-order valence-corrected chi connectivity index (χ4v) is 1.06. The number of carboxylic acid groups (broad SMARTS) is 1. The van der Waals surface area contributed by atoms with Crippen LogP contribution in [-0.2, 0) is 4.79 Å². The van der Waals surface area contributed by atoms with Crippen LogP contribution in [0.2, 0.25) is 0 Å². The first kappa shape index (κ1) is 10.5. The fourth-order valence-electron chi connectivity index (χ4n) is 1.06. The van der Waals surface area contributed by atoms with Crippen molar-refractivity contribution in [2.45, 2.75) is 12.5 Å². The average Bonchev–Trinajstić information content (AvgIpc) is 2.01. The van der Waals surface area contributed by atoms with E-state index >= 15 is 0 Å². The Kier molecular flexibility index (Phi) is 3.03. The van der Waals surface area contributed by atoms with E-state index in [1.54, 1.807) is 0 Å². The lowest BCUT2D eigenvalue weighted by molar-refractivity contribution is -0.139. The zero-order chi connectivity index (χ0) is 10.7. The van der Waals surface area contributed by atoms with Crippen LogP contribution in [0.4, 0.5) is 4.39 Å². The van der Waals surface area contributed by atoms with Crippen LogP contribution >= 0.6 is 0 Å². The minimum absolute atomic E-state index is 0.134. The van der Waals surface area contributed by atoms with E-state index in [1.165, 1.54) is 6.07 Å². The third-order valence-corrected chi connectivity index (χ3v) is 1.71. The SMILES string of the molecule is O=C(O)CC(O)c1ccc(O)cc1F. The molecular formula is C9H9FO4. The standard InChI is InChI=1S/C9H9FO4/c10-7-3-5(11)1-2-6(7)8(12)4-9(13)14/h1-3,8,11-12H,4H2,(H,13,14). The Morgan fingerprint density at radius 3 is 2.64 bits per heavy atom. The molecule has 0 aliphatic heterocycles. The Labute approximate surface area is 79.2 Å². The van der Waals surface area contributed by atoms with E-state index in [2.05, 4.69) is 0 Å². The van der Waals surface area contributed by atoms with Gasteiger partial charge in [0, 0.05) is 11.6 Å². The Hall–Kier alpha value is -1.62. The maximum Gasteiger partial charge on any atom is 0.306 e. The summed E-state index contributed by atoms with van der Waals surface area (Å²) in [5.74, 6) is -2.31. The zero-order valence-electron chi connectivity index (χ0n) is 7.14. The molecule has 0 spiro atoms. The maximum absolute atomic E-state index is 13.0. The predicted octanol–water partition coefficient (Wildman–Crippen LogP) is 1.04. The second kappa shape index (κ2) is 4.06. The van der Waals surface area contributed by atoms with Gasteiger partial charge in [0.1, 0.15) is 11.6 Å². The lowest BCUT2D eigenvalue weighted by Gasteiger charge is -2.09. The molecule has 0 amide bonds. The number of aliphatic hydroxyl groups is 1. The average molecular weight is 200 g/mol. The molecule has 1 rings (SSSR count). The van der Waals surface area contributed by atoms with E-state index in [-0.39, 0.29) is 11.3 Å². The summed E-state index contributed by atoms with van der Waals surface area (Å²) < 4.78 is 13.0. The summed E-state index contributed by atoms with van der Waals surface area (Å²) in [5, 5.41) is 26.5. The van der Waals surface area contributed by atoms with Gasteiger partial charge in [0.15, 0.2) is 0 Å². The third-order valence-electron chi connectivity index (χ3n) is 1.71. The first-order chi connectivity index (χ1) is 6.50. The summed E-state index contributed by atoms with van der Waals surface area (Å²) in [5.41, 5.74) is -0.134. The number of aliphatic hydroxyl groups excluding tert-OH is 1. The molecule has 0 saturated carbocycles. The lowest BCUT2D eigenvalue weighted by atomic mass is 10.1. The van der Waals surface area contributed by atoms with Crippen molar-refractivity contribution < 1.29 is 24.5 Å². The first-order valence-corrected chi connectivity index (χ1v) is 3.89. The van der Waals surface area contributed by atoms with Crippen LogP contribution in [0.15, 0.2) is 18.2 Å². The van der Waals surface area contributed by atoms with Gasteiger partial charge >= 0.3 is 5.97 Å². The predicted molar refractivity (Wildman–Crippen MR) is 45.3 cm³/mol. The monoisotopic (exact) mass is 200 g/mol. The molecule has 0 radical (unpaired) electrons. The van der Waals surface area contributed by atoms with Gasteiger partial charge in [-0.15, -0.1) is 0 Å². The van der Waals surface area contributed by atoms with Crippen LogP contribution in [0.1, 0.15) is 18.1 Å². The van der Waals surface area contributed by atoms with Crippen LogP contribution in [0, 0.1) is 5.82 Å². The molecule has 0 bridgehead atoms. The normalized spacial score (nSPS) is 12.4. The molecule has 3 N–H and O–H groups in total. The van der Waals surface area contributed by atoms with Gasteiger partial charge in [-0.1, -0.05) is 0 Å². The number of phenols is 1. The third kappa shape index (κ3) is 2.43. The van der Waals surface area contributed by atoms with Crippen molar-refractivity contribution in [3.05, 3.63) is 29.6 Å². The number of aromatic hydroxyl groups is 1. The van der Waals surface area contributed by atoms with E-state index in [9.17, 15) is 14.3 Å². The zero-order valence-corrected chi connectivity index (χ0v) is 7.14. The summed E-state index contributed by atoms with van der Waals surface area (Å²) in [7, 11) is 0. The first-order valence-electron chi connectivity index (χ1n) is 3.89. The van der Waals surface area contributed by atoms with Crippen LogP contribution in [0.5, 0.6) is 5.75 Å². The number of hydrogen-bond donors (Lipinski definition) is 3. The van der Waals surface area contributed by atoms with Crippen molar-refractivity contribution >= 4 is 5.97 Å². The number of carboxylic acids is 1. The molecule has 4 nitrogen and oxygen atoms in total. The molecule has 1 unspecified atom stereocenters. The number of rotatable bonds is 3. The van der Waals surface area contributed by atoms with Crippen molar-refractivity contribution in [2.24, 2.45) is 0 Å². The Balaban J connectivity index is 2.90. The van der Waals surface area contributed by atoms with E-state index in [1.807, 2.05) is 0 Å². The Bertz CT molecular complexity index is 351. The largest absolute Gasteiger partial charge is 0.508 e. The fraction of sp³-hybridized carbons (Fsp3) is 0.222. The van der Waals surface area contributed by atoms with Gasteiger partial charge in [0.25, 0.3) is 0 Å². The molecule has 0 aromatic heterocycles. The van der Waals surface area contributed by atoms with Gasteiger partial charge in [-0.3, -0.25) is 4.79 Å². The Morgan fingerprint density at radius 2 is 2.14 bits per heavy atom. The molecule has 5 heteroatoms. The van der Waals surface area contributed by atoms with Crippen molar-refractivity contribution in [1.82, 2.24) is 0 Å². The quantitative estimate of drug-likeness (QED) is 0.681. The molecule has 0 fully saturated rings. The van der Waals surface area contributed by atoms with E-state index in [0.29, 0.717) is 0 Å². The summed E-state index contributed by atoms with van der Waals surface area (Å²) in [4.78, 5) is 10.2. The number of carbonyl (C=O) groups is 1. The van der Waals surface area contributed by atoms with Gasteiger partial charge < -0.3 is 15.3 Å². The highest BCUT2D eigenvalue weighted by atomic mass is 19.1. The molecular weight excluding hydrogens is 191 g/mol. The van der Waals surface area contributed by atoms with Gasteiger partial charge in [-0.2, -0.15) is 0 Å².